The second kappa shape index (κ2) is 4.82. The fourth-order valence-electron chi connectivity index (χ4n) is 2.77. The molecule has 0 fully saturated rings. The summed E-state index contributed by atoms with van der Waals surface area (Å²) < 4.78 is 1.09. The van der Waals surface area contributed by atoms with Crippen molar-refractivity contribution in [3.05, 3.63) is 38.4 Å². The van der Waals surface area contributed by atoms with Gasteiger partial charge in [-0.1, -0.05) is 34.5 Å². The van der Waals surface area contributed by atoms with Crippen LogP contribution in [0.15, 0.2) is 16.6 Å². The average molecular weight is 325 g/mol. The molecule has 0 saturated heterocycles. The van der Waals surface area contributed by atoms with E-state index in [2.05, 4.69) is 35.0 Å². The molecule has 0 saturated carbocycles. The van der Waals surface area contributed by atoms with Crippen LogP contribution >= 0.6 is 27.5 Å². The summed E-state index contributed by atoms with van der Waals surface area (Å²) in [7, 11) is 0. The summed E-state index contributed by atoms with van der Waals surface area (Å²) in [6.07, 6.45) is 5.60. The summed E-state index contributed by atoms with van der Waals surface area (Å²) in [6.45, 7) is 2.16. The molecule has 0 spiro atoms. The number of aromatic nitrogens is 1. The molecule has 94 valence electrons. The molecule has 1 nitrogen and oxygen atoms in total. The number of nitrogens with zero attached hydrogens (tertiary/aromatic N) is 1. The van der Waals surface area contributed by atoms with Crippen molar-refractivity contribution in [2.24, 2.45) is 0 Å². The molecule has 0 aliphatic heterocycles. The molecule has 0 unspecified atom stereocenters. The van der Waals surface area contributed by atoms with Crippen molar-refractivity contribution in [1.29, 1.82) is 0 Å². The predicted molar refractivity (Wildman–Crippen MR) is 80.5 cm³/mol. The van der Waals surface area contributed by atoms with Gasteiger partial charge < -0.3 is 0 Å². The molecular weight excluding hydrogens is 310 g/mol. The molecule has 0 radical (unpaired) electrons. The zero-order chi connectivity index (χ0) is 12.7. The van der Waals surface area contributed by atoms with Gasteiger partial charge in [0.2, 0.25) is 0 Å². The van der Waals surface area contributed by atoms with Crippen molar-refractivity contribution in [1.82, 2.24) is 4.98 Å². The first-order chi connectivity index (χ1) is 8.70. The zero-order valence-electron chi connectivity index (χ0n) is 10.4. The molecule has 3 rings (SSSR count). The first-order valence-corrected chi connectivity index (χ1v) is 7.67. The Hall–Kier alpha value is -0.600. The van der Waals surface area contributed by atoms with Crippen molar-refractivity contribution in [3.63, 3.8) is 0 Å². The van der Waals surface area contributed by atoms with E-state index in [0.717, 1.165) is 39.7 Å². The number of pyridine rings is 1. The van der Waals surface area contributed by atoms with Crippen LogP contribution < -0.4 is 0 Å². The van der Waals surface area contributed by atoms with E-state index < -0.39 is 0 Å². The maximum absolute atomic E-state index is 6.60. The summed E-state index contributed by atoms with van der Waals surface area (Å²) in [5.41, 5.74) is 4.85. The van der Waals surface area contributed by atoms with Gasteiger partial charge in [0, 0.05) is 15.6 Å². The van der Waals surface area contributed by atoms with E-state index in [9.17, 15) is 0 Å². The molecule has 1 heterocycles. The van der Waals surface area contributed by atoms with Gasteiger partial charge in [-0.25, -0.2) is 0 Å². The standard InChI is InChI=1S/C15H15BrClN/c1-2-9-7-10(16)8-12-14(17)11-5-3-4-6-13(11)18-15(9)12/h7-8H,2-6H2,1H3. The second-order valence-corrected chi connectivity index (χ2v) is 6.17. The molecule has 2 aromatic rings. The van der Waals surface area contributed by atoms with Gasteiger partial charge in [-0.05, 0) is 55.4 Å². The molecule has 0 amide bonds. The van der Waals surface area contributed by atoms with Crippen LogP contribution in [0.1, 0.15) is 36.6 Å². The van der Waals surface area contributed by atoms with Crippen LogP contribution in [0.3, 0.4) is 0 Å². The normalized spacial score (nSPS) is 14.8. The number of aryl methyl sites for hydroxylation is 2. The van der Waals surface area contributed by atoms with Gasteiger partial charge in [-0.3, -0.25) is 4.98 Å². The first kappa shape index (κ1) is 12.4. The highest BCUT2D eigenvalue weighted by Crippen LogP contribution is 2.35. The third kappa shape index (κ3) is 1.96. The van der Waals surface area contributed by atoms with E-state index in [1.165, 1.54) is 29.7 Å². The molecule has 1 aromatic carbocycles. The molecule has 1 aliphatic carbocycles. The monoisotopic (exact) mass is 323 g/mol. The topological polar surface area (TPSA) is 12.9 Å². The predicted octanol–water partition coefficient (Wildman–Crippen LogP) is 5.09. The Bertz CT molecular complexity index is 622. The Labute approximate surface area is 121 Å². The van der Waals surface area contributed by atoms with E-state index in [-0.39, 0.29) is 0 Å². The highest BCUT2D eigenvalue weighted by molar-refractivity contribution is 9.10. The molecular formula is C15H15BrClN. The third-order valence-electron chi connectivity index (χ3n) is 3.72. The third-order valence-corrected chi connectivity index (χ3v) is 4.61. The van der Waals surface area contributed by atoms with E-state index in [4.69, 9.17) is 16.6 Å². The molecule has 0 bridgehead atoms. The number of halogens is 2. The van der Waals surface area contributed by atoms with Gasteiger partial charge in [0.15, 0.2) is 0 Å². The SMILES string of the molecule is CCc1cc(Br)cc2c(Cl)c3c(nc12)CCCC3. The van der Waals surface area contributed by atoms with Crippen LogP contribution in [0.5, 0.6) is 0 Å². The number of hydrogen-bond donors (Lipinski definition) is 0. The van der Waals surface area contributed by atoms with Gasteiger partial charge in [-0.15, -0.1) is 0 Å². The Kier molecular flexibility index (Phi) is 3.33. The van der Waals surface area contributed by atoms with E-state index in [1.54, 1.807) is 0 Å². The number of fused-ring (bicyclic) bond motifs is 2. The minimum atomic E-state index is 0.922. The number of hydrogen-bond acceptors (Lipinski definition) is 1. The second-order valence-electron chi connectivity index (χ2n) is 4.87. The van der Waals surface area contributed by atoms with Crippen LogP contribution in [0.25, 0.3) is 10.9 Å². The van der Waals surface area contributed by atoms with Gasteiger partial charge in [-0.2, -0.15) is 0 Å². The van der Waals surface area contributed by atoms with E-state index >= 15 is 0 Å². The van der Waals surface area contributed by atoms with Crippen LogP contribution in [0, 0.1) is 0 Å². The Balaban J connectivity index is 2.37. The summed E-state index contributed by atoms with van der Waals surface area (Å²) in [4.78, 5) is 4.88. The molecule has 0 atom stereocenters. The summed E-state index contributed by atoms with van der Waals surface area (Å²) in [6, 6.07) is 4.25. The van der Waals surface area contributed by atoms with Crippen molar-refractivity contribution < 1.29 is 0 Å². The Morgan fingerprint density at radius 1 is 1.28 bits per heavy atom. The van der Waals surface area contributed by atoms with Crippen LogP contribution in [0.4, 0.5) is 0 Å². The van der Waals surface area contributed by atoms with Gasteiger partial charge in [0.25, 0.3) is 0 Å². The highest BCUT2D eigenvalue weighted by atomic mass is 79.9. The fourth-order valence-corrected chi connectivity index (χ4v) is 3.62. The molecule has 18 heavy (non-hydrogen) atoms. The zero-order valence-corrected chi connectivity index (χ0v) is 12.7. The van der Waals surface area contributed by atoms with Crippen LogP contribution in [0.2, 0.25) is 5.02 Å². The van der Waals surface area contributed by atoms with Crippen molar-refractivity contribution in [3.8, 4) is 0 Å². The minimum absolute atomic E-state index is 0.922. The lowest BCUT2D eigenvalue weighted by atomic mass is 9.93. The lowest BCUT2D eigenvalue weighted by Crippen LogP contribution is -2.07. The molecule has 3 heteroatoms. The number of benzene rings is 1. The lowest BCUT2D eigenvalue weighted by Gasteiger charge is -2.19. The average Bonchev–Trinajstić information content (AvgIpc) is 2.39. The first-order valence-electron chi connectivity index (χ1n) is 6.50. The van der Waals surface area contributed by atoms with Crippen LogP contribution in [-0.4, -0.2) is 4.98 Å². The van der Waals surface area contributed by atoms with Gasteiger partial charge >= 0.3 is 0 Å². The van der Waals surface area contributed by atoms with Crippen molar-refractivity contribution in [2.45, 2.75) is 39.0 Å². The van der Waals surface area contributed by atoms with Crippen molar-refractivity contribution >= 4 is 38.4 Å². The largest absolute Gasteiger partial charge is 0.252 e. The maximum Gasteiger partial charge on any atom is 0.0753 e. The van der Waals surface area contributed by atoms with Gasteiger partial charge in [0.05, 0.1) is 10.5 Å². The Morgan fingerprint density at radius 3 is 2.83 bits per heavy atom. The van der Waals surface area contributed by atoms with Crippen molar-refractivity contribution in [2.75, 3.05) is 0 Å². The molecule has 1 aliphatic rings. The van der Waals surface area contributed by atoms with Crippen LogP contribution in [-0.2, 0) is 19.3 Å². The quantitative estimate of drug-likeness (QED) is 0.712. The minimum Gasteiger partial charge on any atom is -0.252 e. The Morgan fingerprint density at radius 2 is 2.06 bits per heavy atom. The molecule has 1 aromatic heterocycles. The summed E-state index contributed by atoms with van der Waals surface area (Å²) >= 11 is 10.2. The highest BCUT2D eigenvalue weighted by Gasteiger charge is 2.18. The fraction of sp³-hybridized carbons (Fsp3) is 0.400. The number of rotatable bonds is 1. The smallest absolute Gasteiger partial charge is 0.0753 e. The van der Waals surface area contributed by atoms with E-state index in [1.807, 2.05) is 0 Å². The maximum atomic E-state index is 6.60. The lowest BCUT2D eigenvalue weighted by molar-refractivity contribution is 0.671. The van der Waals surface area contributed by atoms with E-state index in [0.29, 0.717) is 0 Å². The summed E-state index contributed by atoms with van der Waals surface area (Å²) in [5.74, 6) is 0. The summed E-state index contributed by atoms with van der Waals surface area (Å²) in [5, 5.41) is 2.02. The van der Waals surface area contributed by atoms with Gasteiger partial charge in [0.1, 0.15) is 0 Å². The molecule has 0 N–H and O–H groups in total.